The molecule has 21 heavy (non-hydrogen) atoms. The molecule has 2 aromatic heterocycles. The molecule has 0 aliphatic heterocycles. The zero-order valence-electron chi connectivity index (χ0n) is 10.8. The van der Waals surface area contributed by atoms with E-state index in [0.29, 0.717) is 0 Å². The third kappa shape index (κ3) is 3.36. The van der Waals surface area contributed by atoms with E-state index in [1.165, 1.54) is 0 Å². The molecule has 0 radical (unpaired) electrons. The Morgan fingerprint density at radius 2 is 2.10 bits per heavy atom. The van der Waals surface area contributed by atoms with E-state index < -0.39 is 29.2 Å². The summed E-state index contributed by atoms with van der Waals surface area (Å²) in [4.78, 5) is 15.4. The molecular weight excluding hydrogens is 292 g/mol. The van der Waals surface area contributed by atoms with Crippen LogP contribution >= 0.6 is 0 Å². The Labute approximate surface area is 116 Å². The summed E-state index contributed by atoms with van der Waals surface area (Å²) in [7, 11) is 0. The minimum absolute atomic E-state index is 0.0567. The molecule has 1 amide bonds. The predicted molar refractivity (Wildman–Crippen MR) is 65.1 cm³/mol. The maximum Gasteiger partial charge on any atom is 0.435 e. The van der Waals surface area contributed by atoms with Gasteiger partial charge in [-0.25, -0.2) is 9.37 Å². The van der Waals surface area contributed by atoms with E-state index in [2.05, 4.69) is 15.4 Å². The summed E-state index contributed by atoms with van der Waals surface area (Å²) in [6.45, 7) is 1.78. The van der Waals surface area contributed by atoms with Crippen LogP contribution in [0.5, 0.6) is 0 Å². The van der Waals surface area contributed by atoms with Gasteiger partial charge in [0.25, 0.3) is 5.91 Å². The first-order valence-electron chi connectivity index (χ1n) is 5.89. The summed E-state index contributed by atoms with van der Waals surface area (Å²) in [5.41, 5.74) is -1.89. The van der Waals surface area contributed by atoms with E-state index in [1.807, 2.05) is 0 Å². The summed E-state index contributed by atoms with van der Waals surface area (Å²) in [5, 5.41) is 5.49. The summed E-state index contributed by atoms with van der Waals surface area (Å²) in [6.07, 6.45) is -2.90. The highest BCUT2D eigenvalue weighted by molar-refractivity contribution is 6.04. The molecule has 5 nitrogen and oxygen atoms in total. The first kappa shape index (κ1) is 14.9. The molecule has 0 fully saturated rings. The first-order chi connectivity index (χ1) is 9.81. The average molecular weight is 302 g/mol. The molecule has 0 saturated carbocycles. The number of aromatic nitrogens is 3. The fourth-order valence-electron chi connectivity index (χ4n) is 1.59. The van der Waals surface area contributed by atoms with E-state index >= 15 is 0 Å². The highest BCUT2D eigenvalue weighted by atomic mass is 19.4. The normalized spacial score (nSPS) is 11.5. The maximum absolute atomic E-state index is 12.8. The Hall–Kier alpha value is -2.45. The van der Waals surface area contributed by atoms with Gasteiger partial charge in [-0.2, -0.15) is 18.3 Å². The van der Waals surface area contributed by atoms with Crippen LogP contribution < -0.4 is 5.32 Å². The fraction of sp³-hybridized carbons (Fsp3) is 0.250. The quantitative estimate of drug-likeness (QED) is 0.887. The Kier molecular flexibility index (Phi) is 3.92. The monoisotopic (exact) mass is 302 g/mol. The summed E-state index contributed by atoms with van der Waals surface area (Å²) in [5.74, 6) is -1.69. The van der Waals surface area contributed by atoms with Crippen molar-refractivity contribution < 1.29 is 22.4 Å². The molecule has 0 aliphatic rings. The van der Waals surface area contributed by atoms with Gasteiger partial charge in [0.1, 0.15) is 11.6 Å². The van der Waals surface area contributed by atoms with Gasteiger partial charge in [-0.05, 0) is 19.1 Å². The van der Waals surface area contributed by atoms with Crippen molar-refractivity contribution in [2.45, 2.75) is 19.6 Å². The van der Waals surface area contributed by atoms with Gasteiger partial charge in [-0.15, -0.1) is 0 Å². The molecule has 0 saturated heterocycles. The molecule has 112 valence electrons. The zero-order chi connectivity index (χ0) is 15.6. The molecule has 1 N–H and O–H groups in total. The molecule has 0 aromatic carbocycles. The summed E-state index contributed by atoms with van der Waals surface area (Å²) >= 11 is 0. The Balaban J connectivity index is 2.30. The lowest BCUT2D eigenvalue weighted by atomic mass is 10.2. The lowest BCUT2D eigenvalue weighted by molar-refractivity contribution is -0.141. The van der Waals surface area contributed by atoms with Crippen molar-refractivity contribution in [3.05, 3.63) is 41.6 Å². The number of aryl methyl sites for hydroxylation is 1. The zero-order valence-corrected chi connectivity index (χ0v) is 10.8. The third-order valence-corrected chi connectivity index (χ3v) is 2.57. The van der Waals surface area contributed by atoms with Crippen LogP contribution in [0, 0.1) is 5.82 Å². The van der Waals surface area contributed by atoms with Gasteiger partial charge in [0.2, 0.25) is 0 Å². The number of rotatable bonds is 3. The van der Waals surface area contributed by atoms with Crippen LogP contribution in [-0.4, -0.2) is 20.7 Å². The Morgan fingerprint density at radius 3 is 2.62 bits per heavy atom. The maximum atomic E-state index is 12.8. The number of pyridine rings is 1. The lowest BCUT2D eigenvalue weighted by Gasteiger charge is -2.06. The van der Waals surface area contributed by atoms with Gasteiger partial charge < -0.3 is 5.32 Å². The van der Waals surface area contributed by atoms with Crippen LogP contribution in [0.2, 0.25) is 0 Å². The van der Waals surface area contributed by atoms with Crippen molar-refractivity contribution in [1.82, 2.24) is 14.8 Å². The smallest absolute Gasteiger partial charge is 0.306 e. The van der Waals surface area contributed by atoms with Crippen molar-refractivity contribution in [2.24, 2.45) is 0 Å². The van der Waals surface area contributed by atoms with Crippen LogP contribution in [-0.2, 0) is 12.7 Å². The SMILES string of the molecule is CCn1cc(C(=O)Nc2ccc(F)cn2)c(C(F)(F)F)n1. The van der Waals surface area contributed by atoms with Crippen molar-refractivity contribution in [3.63, 3.8) is 0 Å². The minimum atomic E-state index is -4.75. The first-order valence-corrected chi connectivity index (χ1v) is 5.89. The number of nitrogens with one attached hydrogen (secondary N) is 1. The van der Waals surface area contributed by atoms with E-state index in [4.69, 9.17) is 0 Å². The standard InChI is InChI=1S/C12H10F4N4O/c1-2-20-6-8(10(19-20)12(14,15)16)11(21)18-9-4-3-7(13)5-17-9/h3-6H,2H2,1H3,(H,17,18,21). The number of halogens is 4. The van der Waals surface area contributed by atoms with Crippen molar-refractivity contribution in [1.29, 1.82) is 0 Å². The van der Waals surface area contributed by atoms with E-state index in [9.17, 15) is 22.4 Å². The number of amides is 1. The number of hydrogen-bond acceptors (Lipinski definition) is 3. The largest absolute Gasteiger partial charge is 0.435 e. The van der Waals surface area contributed by atoms with Crippen LogP contribution in [0.15, 0.2) is 24.5 Å². The second-order valence-corrected chi connectivity index (χ2v) is 4.06. The van der Waals surface area contributed by atoms with Crippen LogP contribution in [0.3, 0.4) is 0 Å². The second-order valence-electron chi connectivity index (χ2n) is 4.06. The average Bonchev–Trinajstić information content (AvgIpc) is 2.86. The number of carbonyl (C=O) groups excluding carboxylic acids is 1. The van der Waals surface area contributed by atoms with Gasteiger partial charge in [0, 0.05) is 12.7 Å². The lowest BCUT2D eigenvalue weighted by Crippen LogP contribution is -2.18. The second kappa shape index (κ2) is 5.51. The van der Waals surface area contributed by atoms with Crippen molar-refractivity contribution >= 4 is 11.7 Å². The van der Waals surface area contributed by atoms with Gasteiger partial charge in [-0.3, -0.25) is 9.48 Å². The number of alkyl halides is 3. The Bertz CT molecular complexity index is 648. The molecule has 0 aliphatic carbocycles. The van der Waals surface area contributed by atoms with Crippen LogP contribution in [0.25, 0.3) is 0 Å². The van der Waals surface area contributed by atoms with Crippen LogP contribution in [0.1, 0.15) is 23.0 Å². The van der Waals surface area contributed by atoms with Crippen molar-refractivity contribution in [3.8, 4) is 0 Å². The molecule has 2 heterocycles. The molecule has 0 bridgehead atoms. The summed E-state index contributed by atoms with van der Waals surface area (Å²) in [6, 6.07) is 2.17. The molecular formula is C12H10F4N4O. The van der Waals surface area contributed by atoms with E-state index in [0.717, 1.165) is 29.2 Å². The number of hydrogen-bond donors (Lipinski definition) is 1. The van der Waals surface area contributed by atoms with Crippen molar-refractivity contribution in [2.75, 3.05) is 5.32 Å². The topological polar surface area (TPSA) is 59.8 Å². The molecule has 9 heteroatoms. The summed E-state index contributed by atoms with van der Waals surface area (Å²) < 4.78 is 52.2. The highest BCUT2D eigenvalue weighted by Crippen LogP contribution is 2.31. The number of anilines is 1. The van der Waals surface area contributed by atoms with Gasteiger partial charge in [-0.1, -0.05) is 0 Å². The van der Waals surface area contributed by atoms with E-state index in [-0.39, 0.29) is 12.4 Å². The Morgan fingerprint density at radius 1 is 1.38 bits per heavy atom. The molecule has 0 spiro atoms. The van der Waals surface area contributed by atoms with Gasteiger partial charge in [0.05, 0.1) is 11.8 Å². The third-order valence-electron chi connectivity index (χ3n) is 2.57. The molecule has 2 rings (SSSR count). The molecule has 0 unspecified atom stereocenters. The van der Waals surface area contributed by atoms with Gasteiger partial charge >= 0.3 is 6.18 Å². The fourth-order valence-corrected chi connectivity index (χ4v) is 1.59. The number of carbonyl (C=O) groups is 1. The highest BCUT2D eigenvalue weighted by Gasteiger charge is 2.39. The molecule has 2 aromatic rings. The molecule has 0 atom stereocenters. The number of nitrogens with zero attached hydrogens (tertiary/aromatic N) is 3. The van der Waals surface area contributed by atoms with Crippen LogP contribution in [0.4, 0.5) is 23.4 Å². The van der Waals surface area contributed by atoms with Gasteiger partial charge in [0.15, 0.2) is 5.69 Å². The predicted octanol–water partition coefficient (Wildman–Crippen LogP) is 2.71. The van der Waals surface area contributed by atoms with E-state index in [1.54, 1.807) is 6.92 Å². The minimum Gasteiger partial charge on any atom is -0.306 e.